The summed E-state index contributed by atoms with van der Waals surface area (Å²) in [5, 5.41) is 17.0. The highest BCUT2D eigenvalue weighted by molar-refractivity contribution is 5.92. The van der Waals surface area contributed by atoms with Gasteiger partial charge in [0, 0.05) is 11.6 Å². The van der Waals surface area contributed by atoms with E-state index in [1.54, 1.807) is 32.0 Å². The molecular weight excluding hydrogens is 320 g/mol. The van der Waals surface area contributed by atoms with E-state index >= 15 is 0 Å². The largest absolute Gasteiger partial charge is 0.463 e. The third-order valence-corrected chi connectivity index (χ3v) is 3.95. The van der Waals surface area contributed by atoms with Crippen LogP contribution < -0.4 is 5.32 Å². The molecule has 0 saturated carbocycles. The molecule has 6 heteroatoms. The molecular formula is C19H20N2O4. The minimum absolute atomic E-state index is 0.0145. The number of carbonyl (C=O) groups excluding carboxylic acids is 1. The van der Waals surface area contributed by atoms with E-state index in [0.717, 1.165) is 11.1 Å². The summed E-state index contributed by atoms with van der Waals surface area (Å²) in [6.07, 6.45) is 0. The summed E-state index contributed by atoms with van der Waals surface area (Å²) in [7, 11) is 0. The van der Waals surface area contributed by atoms with Crippen molar-refractivity contribution in [1.82, 2.24) is 10.5 Å². The fraction of sp³-hybridized carbons (Fsp3) is 0.263. The summed E-state index contributed by atoms with van der Waals surface area (Å²) in [4.78, 5) is 12.2. The van der Waals surface area contributed by atoms with Gasteiger partial charge in [-0.15, -0.1) is 0 Å². The molecule has 0 saturated heterocycles. The highest BCUT2D eigenvalue weighted by Crippen LogP contribution is 2.23. The predicted octanol–water partition coefficient (Wildman–Crippen LogP) is 3.19. The Kier molecular flexibility index (Phi) is 4.46. The van der Waals surface area contributed by atoms with Gasteiger partial charge in [0.25, 0.3) is 5.91 Å². The van der Waals surface area contributed by atoms with Crippen molar-refractivity contribution in [3.05, 3.63) is 65.3 Å². The van der Waals surface area contributed by atoms with Gasteiger partial charge in [-0.05, 0) is 32.9 Å². The second-order valence-corrected chi connectivity index (χ2v) is 6.31. The number of amides is 1. The van der Waals surface area contributed by atoms with Crippen LogP contribution in [0.4, 0.5) is 0 Å². The first kappa shape index (κ1) is 17.0. The number of nitrogens with zero attached hydrogens (tertiary/aromatic N) is 1. The van der Waals surface area contributed by atoms with Gasteiger partial charge in [0.05, 0.1) is 6.54 Å². The Bertz CT molecular complexity index is 875. The van der Waals surface area contributed by atoms with Crippen LogP contribution in [0.5, 0.6) is 0 Å². The smallest absolute Gasteiger partial charge is 0.290 e. The summed E-state index contributed by atoms with van der Waals surface area (Å²) >= 11 is 0. The normalized spacial score (nSPS) is 13.4. The number of aliphatic hydroxyl groups is 1. The van der Waals surface area contributed by atoms with Gasteiger partial charge >= 0.3 is 0 Å². The van der Waals surface area contributed by atoms with Gasteiger partial charge in [-0.25, -0.2) is 0 Å². The maximum atomic E-state index is 12.2. The third-order valence-electron chi connectivity index (χ3n) is 3.95. The Morgan fingerprint density at radius 3 is 2.56 bits per heavy atom. The number of benzene rings is 1. The molecule has 3 aromatic rings. The lowest BCUT2D eigenvalue weighted by molar-refractivity contribution is 0.0318. The summed E-state index contributed by atoms with van der Waals surface area (Å²) in [5.74, 6) is 0.721. The molecule has 0 spiro atoms. The zero-order valence-corrected chi connectivity index (χ0v) is 14.4. The SMILES string of the molecule is Cc1ccc(-c2cc(C(=O)NCC(C)(O)c3ccc(C)o3)on2)cc1. The van der Waals surface area contributed by atoms with Crippen LogP contribution in [0, 0.1) is 13.8 Å². The van der Waals surface area contributed by atoms with Gasteiger partial charge in [-0.3, -0.25) is 4.79 Å². The van der Waals surface area contributed by atoms with Gasteiger partial charge in [0.2, 0.25) is 5.76 Å². The highest BCUT2D eigenvalue weighted by atomic mass is 16.5. The monoisotopic (exact) mass is 340 g/mol. The lowest BCUT2D eigenvalue weighted by Gasteiger charge is -2.20. The van der Waals surface area contributed by atoms with Gasteiger partial charge in [0.1, 0.15) is 22.8 Å². The van der Waals surface area contributed by atoms with Crippen molar-refractivity contribution in [1.29, 1.82) is 0 Å². The summed E-state index contributed by atoms with van der Waals surface area (Å²) in [6, 6.07) is 12.8. The molecule has 0 aliphatic rings. The van der Waals surface area contributed by atoms with Gasteiger partial charge < -0.3 is 19.4 Å². The number of carbonyl (C=O) groups is 1. The molecule has 130 valence electrons. The van der Waals surface area contributed by atoms with Crippen LogP contribution >= 0.6 is 0 Å². The van der Waals surface area contributed by atoms with Gasteiger partial charge in [-0.2, -0.15) is 0 Å². The van der Waals surface area contributed by atoms with E-state index in [1.165, 1.54) is 0 Å². The number of rotatable bonds is 5. The van der Waals surface area contributed by atoms with Crippen molar-refractivity contribution in [3.8, 4) is 11.3 Å². The average Bonchev–Trinajstić information content (AvgIpc) is 3.23. The van der Waals surface area contributed by atoms with Crippen LogP contribution in [0.25, 0.3) is 11.3 Å². The number of furan rings is 1. The molecule has 1 aromatic carbocycles. The van der Waals surface area contributed by atoms with E-state index in [-0.39, 0.29) is 12.3 Å². The molecule has 2 heterocycles. The van der Waals surface area contributed by atoms with E-state index in [9.17, 15) is 9.90 Å². The van der Waals surface area contributed by atoms with Gasteiger partial charge in [0.15, 0.2) is 0 Å². The molecule has 1 amide bonds. The molecule has 1 atom stereocenters. The number of hydrogen-bond acceptors (Lipinski definition) is 5. The highest BCUT2D eigenvalue weighted by Gasteiger charge is 2.28. The van der Waals surface area contributed by atoms with E-state index in [2.05, 4.69) is 10.5 Å². The summed E-state index contributed by atoms with van der Waals surface area (Å²) in [5.41, 5.74) is 1.27. The topological polar surface area (TPSA) is 88.5 Å². The van der Waals surface area contributed by atoms with E-state index < -0.39 is 11.5 Å². The Morgan fingerprint density at radius 1 is 1.20 bits per heavy atom. The predicted molar refractivity (Wildman–Crippen MR) is 92.0 cm³/mol. The van der Waals surface area contributed by atoms with Crippen molar-refractivity contribution in [2.75, 3.05) is 6.54 Å². The first-order valence-corrected chi connectivity index (χ1v) is 7.96. The lowest BCUT2D eigenvalue weighted by Crippen LogP contribution is -2.38. The number of aryl methyl sites for hydroxylation is 2. The maximum Gasteiger partial charge on any atom is 0.290 e. The van der Waals surface area contributed by atoms with Crippen LogP contribution in [-0.2, 0) is 5.60 Å². The molecule has 0 radical (unpaired) electrons. The fourth-order valence-corrected chi connectivity index (χ4v) is 2.39. The van der Waals surface area contributed by atoms with E-state index in [0.29, 0.717) is 17.2 Å². The first-order chi connectivity index (χ1) is 11.8. The lowest BCUT2D eigenvalue weighted by atomic mass is 10.0. The quantitative estimate of drug-likeness (QED) is 0.745. The second-order valence-electron chi connectivity index (χ2n) is 6.31. The Labute approximate surface area is 145 Å². The van der Waals surface area contributed by atoms with Crippen molar-refractivity contribution < 1.29 is 18.8 Å². The zero-order chi connectivity index (χ0) is 18.0. The van der Waals surface area contributed by atoms with Gasteiger partial charge in [-0.1, -0.05) is 35.0 Å². The van der Waals surface area contributed by atoms with Crippen LogP contribution in [0.15, 0.2) is 51.4 Å². The van der Waals surface area contributed by atoms with Crippen molar-refractivity contribution >= 4 is 5.91 Å². The van der Waals surface area contributed by atoms with Crippen LogP contribution in [0.1, 0.15) is 34.6 Å². The molecule has 0 aliphatic heterocycles. The fourth-order valence-electron chi connectivity index (χ4n) is 2.39. The molecule has 0 bridgehead atoms. The summed E-state index contributed by atoms with van der Waals surface area (Å²) < 4.78 is 10.5. The third kappa shape index (κ3) is 3.80. The average molecular weight is 340 g/mol. The van der Waals surface area contributed by atoms with Crippen LogP contribution in [-0.4, -0.2) is 22.7 Å². The zero-order valence-electron chi connectivity index (χ0n) is 14.4. The maximum absolute atomic E-state index is 12.2. The summed E-state index contributed by atoms with van der Waals surface area (Å²) in [6.45, 7) is 5.35. The number of nitrogens with one attached hydrogen (secondary N) is 1. The van der Waals surface area contributed by atoms with E-state index in [4.69, 9.17) is 8.94 Å². The van der Waals surface area contributed by atoms with Crippen molar-refractivity contribution in [2.45, 2.75) is 26.4 Å². The molecule has 1 unspecified atom stereocenters. The van der Waals surface area contributed by atoms with E-state index in [1.807, 2.05) is 31.2 Å². The Hall–Kier alpha value is -2.86. The Morgan fingerprint density at radius 2 is 1.92 bits per heavy atom. The minimum atomic E-state index is -1.32. The molecule has 6 nitrogen and oxygen atoms in total. The molecule has 0 aliphatic carbocycles. The van der Waals surface area contributed by atoms with Crippen LogP contribution in [0.3, 0.4) is 0 Å². The minimum Gasteiger partial charge on any atom is -0.463 e. The molecule has 25 heavy (non-hydrogen) atoms. The molecule has 2 aromatic heterocycles. The standard InChI is InChI=1S/C19H20N2O4/c1-12-4-7-14(8-5-12)15-10-16(25-21-15)18(22)20-11-19(3,23)17-9-6-13(2)24-17/h4-10,23H,11H2,1-3H3,(H,20,22). The van der Waals surface area contributed by atoms with Crippen molar-refractivity contribution in [2.24, 2.45) is 0 Å². The van der Waals surface area contributed by atoms with Crippen LogP contribution in [0.2, 0.25) is 0 Å². The number of aromatic nitrogens is 1. The van der Waals surface area contributed by atoms with Crippen molar-refractivity contribution in [3.63, 3.8) is 0 Å². The first-order valence-electron chi connectivity index (χ1n) is 7.96. The number of hydrogen-bond donors (Lipinski definition) is 2. The molecule has 2 N–H and O–H groups in total. The molecule has 0 fully saturated rings. The second kappa shape index (κ2) is 6.57. The Balaban J connectivity index is 1.67. The molecule has 3 rings (SSSR count).